The van der Waals surface area contributed by atoms with E-state index >= 15 is 0 Å². The summed E-state index contributed by atoms with van der Waals surface area (Å²) in [6.07, 6.45) is 1.12. The first-order chi connectivity index (χ1) is 13.5. The van der Waals surface area contributed by atoms with Crippen LogP contribution in [0.2, 0.25) is 0 Å². The molecule has 7 fully saturated rings. The summed E-state index contributed by atoms with van der Waals surface area (Å²) in [4.78, 5) is 27.5. The Hall–Kier alpha value is -1.08. The van der Waals surface area contributed by atoms with Crippen molar-refractivity contribution >= 4 is 11.6 Å². The first kappa shape index (κ1) is 18.7. The van der Waals surface area contributed by atoms with Crippen LogP contribution in [0.3, 0.4) is 0 Å². The van der Waals surface area contributed by atoms with Gasteiger partial charge in [-0.1, -0.05) is 20.4 Å². The molecule has 4 bridgehead atoms. The van der Waals surface area contributed by atoms with Crippen molar-refractivity contribution in [2.75, 3.05) is 6.61 Å². The monoisotopic (exact) mass is 402 g/mol. The van der Waals surface area contributed by atoms with Crippen LogP contribution in [0.1, 0.15) is 53.4 Å². The van der Waals surface area contributed by atoms with Crippen LogP contribution in [0, 0.1) is 34.0 Å². The van der Waals surface area contributed by atoms with Gasteiger partial charge < -0.3 is 19.3 Å². The van der Waals surface area contributed by atoms with Crippen molar-refractivity contribution in [3.05, 3.63) is 12.2 Å². The fourth-order valence-corrected chi connectivity index (χ4v) is 8.61. The van der Waals surface area contributed by atoms with Crippen LogP contribution < -0.4 is 0 Å². The van der Waals surface area contributed by atoms with Crippen molar-refractivity contribution in [2.45, 2.75) is 77.2 Å². The van der Waals surface area contributed by atoms with Gasteiger partial charge in [-0.05, 0) is 50.0 Å². The second-order valence-corrected chi connectivity index (χ2v) is 11.3. The molecule has 0 aromatic rings. The highest BCUT2D eigenvalue weighted by Gasteiger charge is 2.90. The molecule has 0 aromatic heterocycles. The van der Waals surface area contributed by atoms with E-state index in [1.807, 2.05) is 13.8 Å². The van der Waals surface area contributed by atoms with Crippen molar-refractivity contribution < 1.29 is 28.9 Å². The summed E-state index contributed by atoms with van der Waals surface area (Å²) in [5.74, 6) is -3.20. The molecule has 29 heavy (non-hydrogen) atoms. The summed E-state index contributed by atoms with van der Waals surface area (Å²) in [5, 5.41) is 11.9. The molecule has 158 valence electrons. The highest BCUT2D eigenvalue weighted by Crippen LogP contribution is 2.78. The summed E-state index contributed by atoms with van der Waals surface area (Å²) in [6.45, 7) is 12.2. The molecule has 6 heteroatoms. The topological polar surface area (TPSA) is 82.1 Å². The third-order valence-corrected chi connectivity index (χ3v) is 9.39. The largest absolute Gasteiger partial charge is 0.387 e. The fraction of sp³-hybridized carbons (Fsp3) is 0.826. The van der Waals surface area contributed by atoms with Gasteiger partial charge in [0.1, 0.15) is 17.3 Å². The minimum absolute atomic E-state index is 0.115. The van der Waals surface area contributed by atoms with E-state index in [0.29, 0.717) is 12.0 Å². The highest BCUT2D eigenvalue weighted by atomic mass is 16.8. The number of hydrogen-bond acceptors (Lipinski definition) is 6. The van der Waals surface area contributed by atoms with Crippen molar-refractivity contribution in [2.24, 2.45) is 34.0 Å². The molecule has 7 rings (SSSR count). The number of aliphatic hydroxyl groups is 1. The standard InChI is InChI=1S/C23H30O6/c1-11-12-6-7-13-21-10-27-23(17(26)15(21)19(2,3)9-8-14(21)24)22(13,16(11)25)18(12)28-20(4,5)29-23/h12-13,15,17-18,26H,1,6-10H2,2-5H3/t12-,13-,15+,17-,18?,21+,22-,23-/m0/s1. The smallest absolute Gasteiger partial charge is 0.213 e. The number of aliphatic hydroxyl groups excluding tert-OH is 1. The first-order valence-corrected chi connectivity index (χ1v) is 10.9. The molecule has 0 aromatic carbocycles. The molecule has 3 heterocycles. The van der Waals surface area contributed by atoms with Crippen LogP contribution in [-0.2, 0) is 23.8 Å². The van der Waals surface area contributed by atoms with E-state index in [1.54, 1.807) is 0 Å². The summed E-state index contributed by atoms with van der Waals surface area (Å²) in [7, 11) is 0. The zero-order valence-corrected chi connectivity index (χ0v) is 17.6. The molecular weight excluding hydrogens is 372 g/mol. The van der Waals surface area contributed by atoms with Crippen LogP contribution >= 0.6 is 0 Å². The van der Waals surface area contributed by atoms with Crippen LogP contribution in [0.5, 0.6) is 0 Å². The van der Waals surface area contributed by atoms with E-state index in [1.165, 1.54) is 0 Å². The molecule has 1 unspecified atom stereocenters. The lowest BCUT2D eigenvalue weighted by molar-refractivity contribution is -0.523. The predicted molar refractivity (Wildman–Crippen MR) is 101 cm³/mol. The van der Waals surface area contributed by atoms with Gasteiger partial charge in [0, 0.05) is 18.3 Å². The zero-order valence-electron chi connectivity index (χ0n) is 17.6. The summed E-state index contributed by atoms with van der Waals surface area (Å²) in [6, 6.07) is 0. The first-order valence-electron chi connectivity index (χ1n) is 10.9. The number of ketones is 2. The maximum absolute atomic E-state index is 13.9. The third kappa shape index (κ3) is 1.64. The number of Topliss-reactive ketones (excluding diaryl/α,β-unsaturated/α-hetero) is 2. The Labute approximate surface area is 171 Å². The number of fused-ring (bicyclic) bond motifs is 1. The Kier molecular flexibility index (Phi) is 3.14. The van der Waals surface area contributed by atoms with E-state index in [4.69, 9.17) is 14.2 Å². The maximum Gasteiger partial charge on any atom is 0.213 e. The Morgan fingerprint density at radius 2 is 1.86 bits per heavy atom. The van der Waals surface area contributed by atoms with Crippen molar-refractivity contribution in [3.8, 4) is 0 Å². The second-order valence-electron chi connectivity index (χ2n) is 11.3. The average Bonchev–Trinajstić information content (AvgIpc) is 2.75. The summed E-state index contributed by atoms with van der Waals surface area (Å²) < 4.78 is 19.2. The summed E-state index contributed by atoms with van der Waals surface area (Å²) >= 11 is 0. The molecular formula is C23H30O6. The van der Waals surface area contributed by atoms with Crippen LogP contribution in [0.4, 0.5) is 0 Å². The highest BCUT2D eigenvalue weighted by molar-refractivity contribution is 6.06. The second kappa shape index (κ2) is 4.87. The lowest BCUT2D eigenvalue weighted by atomic mass is 9.35. The van der Waals surface area contributed by atoms with E-state index in [9.17, 15) is 14.7 Å². The molecule has 3 aliphatic heterocycles. The van der Waals surface area contributed by atoms with E-state index in [-0.39, 0.29) is 41.3 Å². The van der Waals surface area contributed by atoms with Gasteiger partial charge in [-0.3, -0.25) is 9.59 Å². The van der Waals surface area contributed by atoms with Gasteiger partial charge in [0.15, 0.2) is 11.6 Å². The number of rotatable bonds is 0. The number of ether oxygens (including phenoxy) is 3. The van der Waals surface area contributed by atoms with Gasteiger partial charge in [0.25, 0.3) is 0 Å². The maximum atomic E-state index is 13.9. The van der Waals surface area contributed by atoms with E-state index < -0.39 is 34.6 Å². The Bertz CT molecular complexity index is 875. The van der Waals surface area contributed by atoms with Gasteiger partial charge >= 0.3 is 0 Å². The normalized spacial score (nSPS) is 56.2. The molecule has 0 radical (unpaired) electrons. The number of carbonyl (C=O) groups excluding carboxylic acids is 2. The zero-order chi connectivity index (χ0) is 20.8. The van der Waals surface area contributed by atoms with Gasteiger partial charge in [-0.2, -0.15) is 0 Å². The quantitative estimate of drug-likeness (QED) is 0.627. The van der Waals surface area contributed by atoms with Crippen molar-refractivity contribution in [3.63, 3.8) is 0 Å². The van der Waals surface area contributed by atoms with Gasteiger partial charge in [0.05, 0.1) is 18.1 Å². The third-order valence-electron chi connectivity index (χ3n) is 9.39. The Balaban J connectivity index is 1.69. The van der Waals surface area contributed by atoms with E-state index in [2.05, 4.69) is 20.4 Å². The molecule has 4 aliphatic carbocycles. The Morgan fingerprint density at radius 1 is 1.14 bits per heavy atom. The number of hydrogen-bond donors (Lipinski definition) is 1. The average molecular weight is 402 g/mol. The van der Waals surface area contributed by atoms with Gasteiger partial charge in [-0.15, -0.1) is 0 Å². The molecule has 3 spiro atoms. The fourth-order valence-electron chi connectivity index (χ4n) is 8.61. The van der Waals surface area contributed by atoms with Crippen LogP contribution in [0.15, 0.2) is 12.2 Å². The number of carbonyl (C=O) groups is 2. The molecule has 7 aliphatic rings. The Morgan fingerprint density at radius 3 is 2.59 bits per heavy atom. The minimum atomic E-state index is -1.50. The van der Waals surface area contributed by atoms with Crippen LogP contribution in [-0.4, -0.2) is 47.1 Å². The molecule has 8 atom stereocenters. The molecule has 1 N–H and O–H groups in total. The molecule has 3 saturated heterocycles. The lowest BCUT2D eigenvalue weighted by Crippen LogP contribution is -2.88. The summed E-state index contributed by atoms with van der Waals surface area (Å²) in [5.41, 5.74) is -1.79. The van der Waals surface area contributed by atoms with Gasteiger partial charge in [0.2, 0.25) is 5.79 Å². The van der Waals surface area contributed by atoms with Gasteiger partial charge in [-0.25, -0.2) is 0 Å². The molecule has 6 nitrogen and oxygen atoms in total. The molecule has 0 amide bonds. The van der Waals surface area contributed by atoms with Crippen LogP contribution in [0.25, 0.3) is 0 Å². The van der Waals surface area contributed by atoms with E-state index in [0.717, 1.165) is 19.3 Å². The lowest BCUT2D eigenvalue weighted by Gasteiger charge is -2.76. The molecule has 4 saturated carbocycles. The SMILES string of the molecule is C=C1C(=O)[C@@]23C4OC(C)(C)O[C@]25OC[C@]2(C(=O)CCC(C)(C)[C@H]2[C@@H]5O)[C@@H]3CC[C@@H]14. The van der Waals surface area contributed by atoms with Crippen molar-refractivity contribution in [1.29, 1.82) is 0 Å². The predicted octanol–water partition coefficient (Wildman–Crippen LogP) is 2.38. The van der Waals surface area contributed by atoms with Crippen molar-refractivity contribution in [1.82, 2.24) is 0 Å². The minimum Gasteiger partial charge on any atom is -0.387 e.